The van der Waals surface area contributed by atoms with Crippen LogP contribution in [0.15, 0.2) is 91.4 Å². The van der Waals surface area contributed by atoms with E-state index in [0.717, 1.165) is 28.4 Å². The SMILES string of the molecule is CC(C(=O)Nc1ccc2ccccc2c1)C1C[C@]1(C)C(NC(=O)c1cnccn1)c1ccccc1. The lowest BCUT2D eigenvalue weighted by atomic mass is 9.86. The third-order valence-corrected chi connectivity index (χ3v) is 7.24. The van der Waals surface area contributed by atoms with E-state index in [9.17, 15) is 9.59 Å². The maximum absolute atomic E-state index is 13.2. The third kappa shape index (κ3) is 4.64. The van der Waals surface area contributed by atoms with Crippen LogP contribution in [0, 0.1) is 17.3 Å². The highest BCUT2D eigenvalue weighted by atomic mass is 16.2. The first kappa shape index (κ1) is 22.7. The molecular formula is C29H28N4O2. The Morgan fingerprint density at radius 1 is 0.971 bits per heavy atom. The van der Waals surface area contributed by atoms with Crippen LogP contribution in [-0.4, -0.2) is 21.8 Å². The van der Waals surface area contributed by atoms with Gasteiger partial charge in [0, 0.05) is 24.0 Å². The van der Waals surface area contributed by atoms with Crippen molar-refractivity contribution < 1.29 is 9.59 Å². The van der Waals surface area contributed by atoms with Gasteiger partial charge in [0.15, 0.2) is 0 Å². The molecule has 2 amide bonds. The number of nitrogens with one attached hydrogen (secondary N) is 2. The highest BCUT2D eigenvalue weighted by Gasteiger charge is 2.59. The average molecular weight is 465 g/mol. The summed E-state index contributed by atoms with van der Waals surface area (Å²) in [5.74, 6) is -0.380. The normalized spacial score (nSPS) is 20.6. The van der Waals surface area contributed by atoms with Gasteiger partial charge in [0.1, 0.15) is 5.69 Å². The molecule has 0 radical (unpaired) electrons. The molecule has 6 heteroatoms. The number of carbonyl (C=O) groups is 2. The monoisotopic (exact) mass is 464 g/mol. The van der Waals surface area contributed by atoms with Gasteiger partial charge in [-0.15, -0.1) is 0 Å². The van der Waals surface area contributed by atoms with E-state index in [2.05, 4.69) is 33.6 Å². The number of aromatic nitrogens is 2. The van der Waals surface area contributed by atoms with E-state index >= 15 is 0 Å². The topological polar surface area (TPSA) is 84.0 Å². The van der Waals surface area contributed by atoms with E-state index in [0.29, 0.717) is 0 Å². The summed E-state index contributed by atoms with van der Waals surface area (Å²) in [6.07, 6.45) is 5.34. The van der Waals surface area contributed by atoms with Crippen LogP contribution in [0.3, 0.4) is 0 Å². The largest absolute Gasteiger partial charge is 0.343 e. The van der Waals surface area contributed by atoms with Gasteiger partial charge in [0.25, 0.3) is 5.91 Å². The fourth-order valence-electron chi connectivity index (χ4n) is 5.10. The van der Waals surface area contributed by atoms with Crippen LogP contribution in [0.25, 0.3) is 10.8 Å². The Hall–Kier alpha value is -4.06. The third-order valence-electron chi connectivity index (χ3n) is 7.24. The number of amides is 2. The summed E-state index contributed by atoms with van der Waals surface area (Å²) < 4.78 is 0. The van der Waals surface area contributed by atoms with Crippen LogP contribution in [-0.2, 0) is 4.79 Å². The van der Waals surface area contributed by atoms with Gasteiger partial charge in [0.2, 0.25) is 5.91 Å². The fourth-order valence-corrected chi connectivity index (χ4v) is 5.10. The summed E-state index contributed by atoms with van der Waals surface area (Å²) in [5.41, 5.74) is 1.81. The zero-order valence-corrected chi connectivity index (χ0v) is 19.8. The van der Waals surface area contributed by atoms with Crippen LogP contribution in [0.4, 0.5) is 5.69 Å². The smallest absolute Gasteiger partial charge is 0.271 e. The van der Waals surface area contributed by atoms with E-state index in [1.807, 2.05) is 73.7 Å². The van der Waals surface area contributed by atoms with Crippen LogP contribution in [0.2, 0.25) is 0 Å². The van der Waals surface area contributed by atoms with Gasteiger partial charge in [-0.25, -0.2) is 4.98 Å². The zero-order valence-electron chi connectivity index (χ0n) is 19.8. The number of hydrogen-bond donors (Lipinski definition) is 2. The van der Waals surface area contributed by atoms with E-state index in [1.54, 1.807) is 6.20 Å². The van der Waals surface area contributed by atoms with E-state index in [1.165, 1.54) is 12.4 Å². The van der Waals surface area contributed by atoms with Crippen molar-refractivity contribution in [3.05, 3.63) is 103 Å². The molecule has 1 fully saturated rings. The van der Waals surface area contributed by atoms with Crippen molar-refractivity contribution in [2.45, 2.75) is 26.3 Å². The molecule has 4 atom stereocenters. The van der Waals surface area contributed by atoms with E-state index in [-0.39, 0.29) is 40.8 Å². The predicted molar refractivity (Wildman–Crippen MR) is 137 cm³/mol. The van der Waals surface area contributed by atoms with Crippen molar-refractivity contribution in [1.29, 1.82) is 0 Å². The Kier molecular flexibility index (Phi) is 6.03. The maximum atomic E-state index is 13.2. The van der Waals surface area contributed by atoms with Crippen LogP contribution in [0.5, 0.6) is 0 Å². The molecule has 0 spiro atoms. The number of benzene rings is 3. The molecule has 1 aromatic heterocycles. The molecule has 6 nitrogen and oxygen atoms in total. The Bertz CT molecular complexity index is 1360. The molecule has 1 aliphatic rings. The quantitative estimate of drug-likeness (QED) is 0.383. The van der Waals surface area contributed by atoms with Crippen molar-refractivity contribution in [2.75, 3.05) is 5.32 Å². The molecule has 0 saturated heterocycles. The molecule has 1 saturated carbocycles. The van der Waals surface area contributed by atoms with Crippen molar-refractivity contribution in [3.63, 3.8) is 0 Å². The van der Waals surface area contributed by atoms with E-state index < -0.39 is 0 Å². The number of rotatable bonds is 7. The Morgan fingerprint density at radius 3 is 2.46 bits per heavy atom. The van der Waals surface area contributed by atoms with Gasteiger partial charge in [-0.3, -0.25) is 14.6 Å². The van der Waals surface area contributed by atoms with Crippen molar-refractivity contribution in [1.82, 2.24) is 15.3 Å². The second-order valence-corrected chi connectivity index (χ2v) is 9.56. The molecule has 2 N–H and O–H groups in total. The Morgan fingerprint density at radius 2 is 1.71 bits per heavy atom. The standard InChI is InChI=1S/C29H28N4O2/c1-19(27(34)32-23-13-12-20-8-6-7-11-22(20)16-23)24-17-29(24,2)26(21-9-4-3-5-10-21)33-28(35)25-18-30-14-15-31-25/h3-16,18-19,24,26H,17H2,1-2H3,(H,32,34)(H,33,35)/t19?,24?,26?,29-/m0/s1. The van der Waals surface area contributed by atoms with Gasteiger partial charge in [0.05, 0.1) is 12.2 Å². The molecular weight excluding hydrogens is 436 g/mol. The first-order chi connectivity index (χ1) is 17.0. The second-order valence-electron chi connectivity index (χ2n) is 9.56. The number of carbonyl (C=O) groups excluding carboxylic acids is 2. The first-order valence-corrected chi connectivity index (χ1v) is 11.9. The Balaban J connectivity index is 1.33. The summed E-state index contributed by atoms with van der Waals surface area (Å²) >= 11 is 0. The second kappa shape index (κ2) is 9.29. The van der Waals surface area contributed by atoms with Gasteiger partial charge in [-0.05, 0) is 46.2 Å². The predicted octanol–water partition coefficient (Wildman–Crippen LogP) is 5.40. The van der Waals surface area contributed by atoms with Gasteiger partial charge in [-0.2, -0.15) is 0 Å². The van der Waals surface area contributed by atoms with Gasteiger partial charge in [-0.1, -0.05) is 74.5 Å². The maximum Gasteiger partial charge on any atom is 0.271 e. The summed E-state index contributed by atoms with van der Waals surface area (Å²) in [4.78, 5) is 34.3. The molecule has 3 unspecified atom stereocenters. The lowest BCUT2D eigenvalue weighted by molar-refractivity contribution is -0.120. The van der Waals surface area contributed by atoms with Crippen LogP contribution < -0.4 is 10.6 Å². The van der Waals surface area contributed by atoms with Crippen LogP contribution >= 0.6 is 0 Å². The minimum Gasteiger partial charge on any atom is -0.343 e. The molecule has 1 aliphatic carbocycles. The van der Waals surface area contributed by atoms with Crippen molar-refractivity contribution >= 4 is 28.3 Å². The minimum absolute atomic E-state index is 0.0129. The molecule has 5 rings (SSSR count). The summed E-state index contributed by atoms with van der Waals surface area (Å²) in [6.45, 7) is 4.12. The highest BCUT2D eigenvalue weighted by Crippen LogP contribution is 2.63. The minimum atomic E-state index is -0.271. The van der Waals surface area contributed by atoms with Gasteiger partial charge >= 0.3 is 0 Å². The van der Waals surface area contributed by atoms with Gasteiger partial charge < -0.3 is 10.6 Å². The first-order valence-electron chi connectivity index (χ1n) is 11.9. The summed E-state index contributed by atoms with van der Waals surface area (Å²) in [7, 11) is 0. The molecule has 176 valence electrons. The molecule has 35 heavy (non-hydrogen) atoms. The highest BCUT2D eigenvalue weighted by molar-refractivity contribution is 5.96. The molecule has 0 bridgehead atoms. The summed E-state index contributed by atoms with van der Waals surface area (Å²) in [6, 6.07) is 23.7. The lowest BCUT2D eigenvalue weighted by Crippen LogP contribution is -2.36. The molecule has 0 aliphatic heterocycles. The van der Waals surface area contributed by atoms with Crippen LogP contribution in [0.1, 0.15) is 42.4 Å². The zero-order chi connectivity index (χ0) is 24.4. The fraction of sp³-hybridized carbons (Fsp3) is 0.241. The van der Waals surface area contributed by atoms with Crippen molar-refractivity contribution in [3.8, 4) is 0 Å². The molecule has 4 aromatic rings. The molecule has 1 heterocycles. The molecule has 3 aromatic carbocycles. The number of anilines is 1. The number of nitrogens with zero attached hydrogens (tertiary/aromatic N) is 2. The Labute approximate surface area is 204 Å². The average Bonchev–Trinajstić information content (AvgIpc) is 3.59. The summed E-state index contributed by atoms with van der Waals surface area (Å²) in [5, 5.41) is 8.49. The van der Waals surface area contributed by atoms with E-state index in [4.69, 9.17) is 0 Å². The van der Waals surface area contributed by atoms with Crippen molar-refractivity contribution in [2.24, 2.45) is 17.3 Å². The number of hydrogen-bond acceptors (Lipinski definition) is 4. The lowest BCUT2D eigenvalue weighted by Gasteiger charge is -2.28. The number of fused-ring (bicyclic) bond motifs is 1.